The van der Waals surface area contributed by atoms with Crippen LogP contribution in [-0.2, 0) is 11.2 Å². The van der Waals surface area contributed by atoms with Crippen LogP contribution >= 0.6 is 0 Å². The largest absolute Gasteiger partial charge is 0.481 e. The highest BCUT2D eigenvalue weighted by Gasteiger charge is 2.05. The molecule has 1 aromatic carbocycles. The summed E-state index contributed by atoms with van der Waals surface area (Å²) in [5.41, 5.74) is 2.85. The first-order valence-electron chi connectivity index (χ1n) is 5.84. The van der Waals surface area contributed by atoms with Crippen molar-refractivity contribution in [3.05, 3.63) is 53.7 Å². The maximum Gasteiger partial charge on any atom is 0.307 e. The van der Waals surface area contributed by atoms with E-state index in [1.54, 1.807) is 30.3 Å². The van der Waals surface area contributed by atoms with E-state index < -0.39 is 5.97 Å². The van der Waals surface area contributed by atoms with Gasteiger partial charge in [-0.15, -0.1) is 0 Å². The maximum atomic E-state index is 11.2. The van der Waals surface area contributed by atoms with Crippen LogP contribution in [0.4, 0.5) is 0 Å². The average Bonchev–Trinajstić information content (AvgIpc) is 2.38. The SMILES string of the molecule is CC(=O)c1ccc(-c2cccc(CC(=O)O)c2)nc1. The first-order valence-corrected chi connectivity index (χ1v) is 5.84. The van der Waals surface area contributed by atoms with Crippen LogP contribution in [0.2, 0.25) is 0 Å². The number of benzene rings is 1. The number of aliphatic carboxylic acids is 1. The molecule has 0 saturated carbocycles. The van der Waals surface area contributed by atoms with E-state index in [0.29, 0.717) is 5.56 Å². The van der Waals surface area contributed by atoms with E-state index in [0.717, 1.165) is 16.8 Å². The van der Waals surface area contributed by atoms with Crippen molar-refractivity contribution in [3.63, 3.8) is 0 Å². The molecule has 0 spiro atoms. The molecule has 4 nitrogen and oxygen atoms in total. The molecular formula is C15H13NO3. The maximum absolute atomic E-state index is 11.2. The van der Waals surface area contributed by atoms with Gasteiger partial charge in [0.05, 0.1) is 12.1 Å². The number of carbonyl (C=O) groups is 2. The lowest BCUT2D eigenvalue weighted by molar-refractivity contribution is -0.136. The second-order valence-electron chi connectivity index (χ2n) is 4.26. The van der Waals surface area contributed by atoms with Crippen LogP contribution in [0.15, 0.2) is 42.6 Å². The van der Waals surface area contributed by atoms with Gasteiger partial charge in [0.2, 0.25) is 0 Å². The standard InChI is InChI=1S/C15H13NO3/c1-10(17)13-5-6-14(16-9-13)12-4-2-3-11(7-12)8-15(18)19/h2-7,9H,8H2,1H3,(H,18,19). The predicted octanol–water partition coefficient (Wildman–Crippen LogP) is 2.58. The van der Waals surface area contributed by atoms with E-state index in [-0.39, 0.29) is 12.2 Å². The Morgan fingerprint density at radius 1 is 1.21 bits per heavy atom. The molecule has 1 heterocycles. The molecule has 1 aromatic heterocycles. The van der Waals surface area contributed by atoms with Gasteiger partial charge in [0.15, 0.2) is 5.78 Å². The van der Waals surface area contributed by atoms with Crippen LogP contribution in [0.1, 0.15) is 22.8 Å². The van der Waals surface area contributed by atoms with Gasteiger partial charge in [-0.1, -0.05) is 18.2 Å². The molecule has 0 aliphatic carbocycles. The second-order valence-corrected chi connectivity index (χ2v) is 4.26. The molecule has 0 fully saturated rings. The van der Waals surface area contributed by atoms with Gasteiger partial charge in [0.25, 0.3) is 0 Å². The van der Waals surface area contributed by atoms with Crippen LogP contribution in [0.25, 0.3) is 11.3 Å². The number of carboxylic acid groups (broad SMARTS) is 1. The Balaban J connectivity index is 2.30. The Labute approximate surface area is 110 Å². The molecule has 19 heavy (non-hydrogen) atoms. The minimum Gasteiger partial charge on any atom is -0.481 e. The lowest BCUT2D eigenvalue weighted by Gasteiger charge is -2.04. The molecule has 0 aliphatic rings. The van der Waals surface area contributed by atoms with Gasteiger partial charge < -0.3 is 5.11 Å². The minimum absolute atomic E-state index is 0.0145. The van der Waals surface area contributed by atoms with Crippen molar-refractivity contribution in [1.29, 1.82) is 0 Å². The lowest BCUT2D eigenvalue weighted by atomic mass is 10.0. The summed E-state index contributed by atoms with van der Waals surface area (Å²) in [6, 6.07) is 10.7. The Morgan fingerprint density at radius 2 is 2.00 bits per heavy atom. The number of hydrogen-bond donors (Lipinski definition) is 1. The number of Topliss-reactive ketones (excluding diaryl/α,β-unsaturated/α-hetero) is 1. The fraction of sp³-hybridized carbons (Fsp3) is 0.133. The van der Waals surface area contributed by atoms with E-state index in [9.17, 15) is 9.59 Å². The van der Waals surface area contributed by atoms with E-state index >= 15 is 0 Å². The quantitative estimate of drug-likeness (QED) is 0.852. The third-order valence-electron chi connectivity index (χ3n) is 2.75. The summed E-state index contributed by atoms with van der Waals surface area (Å²) in [5, 5.41) is 8.77. The monoisotopic (exact) mass is 255 g/mol. The summed E-state index contributed by atoms with van der Waals surface area (Å²) in [6.45, 7) is 1.49. The van der Waals surface area contributed by atoms with Crippen molar-refractivity contribution in [2.45, 2.75) is 13.3 Å². The van der Waals surface area contributed by atoms with Gasteiger partial charge in [-0.2, -0.15) is 0 Å². The number of aromatic nitrogens is 1. The number of rotatable bonds is 4. The zero-order valence-electron chi connectivity index (χ0n) is 10.5. The number of pyridine rings is 1. The van der Waals surface area contributed by atoms with Gasteiger partial charge in [-0.25, -0.2) is 0 Å². The summed E-state index contributed by atoms with van der Waals surface area (Å²) in [4.78, 5) is 26.1. The van der Waals surface area contributed by atoms with Crippen LogP contribution in [0, 0.1) is 0 Å². The first kappa shape index (κ1) is 13.0. The van der Waals surface area contributed by atoms with E-state index in [4.69, 9.17) is 5.11 Å². The zero-order valence-corrected chi connectivity index (χ0v) is 10.5. The fourth-order valence-electron chi connectivity index (χ4n) is 1.79. The topological polar surface area (TPSA) is 67.3 Å². The van der Waals surface area contributed by atoms with Crippen LogP contribution in [0.5, 0.6) is 0 Å². The zero-order chi connectivity index (χ0) is 13.8. The number of nitrogens with zero attached hydrogens (tertiary/aromatic N) is 1. The predicted molar refractivity (Wildman–Crippen MR) is 71.0 cm³/mol. The van der Waals surface area contributed by atoms with E-state index in [1.807, 2.05) is 6.07 Å². The van der Waals surface area contributed by atoms with Gasteiger partial charge in [0.1, 0.15) is 0 Å². The normalized spacial score (nSPS) is 10.2. The van der Waals surface area contributed by atoms with Crippen molar-refractivity contribution in [1.82, 2.24) is 4.98 Å². The molecule has 0 radical (unpaired) electrons. The average molecular weight is 255 g/mol. The van der Waals surface area contributed by atoms with Gasteiger partial charge in [-0.3, -0.25) is 14.6 Å². The number of carbonyl (C=O) groups excluding carboxylic acids is 1. The summed E-state index contributed by atoms with van der Waals surface area (Å²) in [7, 11) is 0. The fourth-order valence-corrected chi connectivity index (χ4v) is 1.79. The third-order valence-corrected chi connectivity index (χ3v) is 2.75. The van der Waals surface area contributed by atoms with E-state index in [1.165, 1.54) is 13.1 Å². The van der Waals surface area contributed by atoms with Crippen molar-refractivity contribution in [3.8, 4) is 11.3 Å². The van der Waals surface area contributed by atoms with Gasteiger partial charge >= 0.3 is 5.97 Å². The van der Waals surface area contributed by atoms with Crippen LogP contribution in [-0.4, -0.2) is 21.8 Å². The Bertz CT molecular complexity index is 618. The summed E-state index contributed by atoms with van der Waals surface area (Å²) in [5.74, 6) is -0.893. The number of ketones is 1. The highest BCUT2D eigenvalue weighted by atomic mass is 16.4. The molecule has 0 saturated heterocycles. The van der Waals surface area contributed by atoms with Crippen LogP contribution < -0.4 is 0 Å². The molecule has 1 N–H and O–H groups in total. The summed E-state index contributed by atoms with van der Waals surface area (Å²) < 4.78 is 0. The van der Waals surface area contributed by atoms with Crippen molar-refractivity contribution in [2.24, 2.45) is 0 Å². The smallest absolute Gasteiger partial charge is 0.307 e. The lowest BCUT2D eigenvalue weighted by Crippen LogP contribution is -2.00. The molecule has 2 rings (SSSR count). The van der Waals surface area contributed by atoms with Crippen molar-refractivity contribution >= 4 is 11.8 Å². The summed E-state index contributed by atoms with van der Waals surface area (Å²) in [6.07, 6.45) is 1.51. The third kappa shape index (κ3) is 3.25. The molecular weight excluding hydrogens is 242 g/mol. The Morgan fingerprint density at radius 3 is 2.58 bits per heavy atom. The molecule has 0 bridgehead atoms. The molecule has 0 atom stereocenters. The highest BCUT2D eigenvalue weighted by molar-refractivity contribution is 5.93. The molecule has 4 heteroatoms. The first-order chi connectivity index (χ1) is 9.06. The van der Waals surface area contributed by atoms with E-state index in [2.05, 4.69) is 4.98 Å². The Hall–Kier alpha value is -2.49. The molecule has 2 aromatic rings. The number of carboxylic acids is 1. The highest BCUT2D eigenvalue weighted by Crippen LogP contribution is 2.19. The van der Waals surface area contributed by atoms with Crippen molar-refractivity contribution in [2.75, 3.05) is 0 Å². The second kappa shape index (κ2) is 5.44. The van der Waals surface area contributed by atoms with Crippen molar-refractivity contribution < 1.29 is 14.7 Å². The number of hydrogen-bond acceptors (Lipinski definition) is 3. The van der Waals surface area contributed by atoms with Gasteiger partial charge in [0, 0.05) is 17.3 Å². The molecule has 0 unspecified atom stereocenters. The van der Waals surface area contributed by atoms with Crippen LogP contribution in [0.3, 0.4) is 0 Å². The summed E-state index contributed by atoms with van der Waals surface area (Å²) >= 11 is 0. The minimum atomic E-state index is -0.864. The molecule has 96 valence electrons. The molecule has 0 aliphatic heterocycles. The Kier molecular flexibility index (Phi) is 3.71. The van der Waals surface area contributed by atoms with Gasteiger partial charge in [-0.05, 0) is 30.7 Å². The molecule has 0 amide bonds.